The molecule has 37 heavy (non-hydrogen) atoms. The van der Waals surface area contributed by atoms with E-state index in [1.54, 1.807) is 6.07 Å². The molecule has 0 fully saturated rings. The molecule has 0 bridgehead atoms. The van der Waals surface area contributed by atoms with Gasteiger partial charge in [-0.2, -0.15) is 4.39 Å². The van der Waals surface area contributed by atoms with Crippen molar-refractivity contribution in [2.45, 2.75) is 71.1 Å². The second kappa shape index (κ2) is 16.4. The Bertz CT molecular complexity index is 1070. The highest BCUT2D eigenvalue weighted by atomic mass is 79.9. The number of halogens is 3. The zero-order valence-electron chi connectivity index (χ0n) is 21.9. The van der Waals surface area contributed by atoms with Gasteiger partial charge in [0.2, 0.25) is 5.82 Å². The maximum Gasteiger partial charge on any atom is 0.201 e. The number of alkyl halides is 1. The minimum absolute atomic E-state index is 0.0269. The van der Waals surface area contributed by atoms with Crippen molar-refractivity contribution in [3.8, 4) is 33.8 Å². The third-order valence-electron chi connectivity index (χ3n) is 6.48. The molecule has 200 valence electrons. The van der Waals surface area contributed by atoms with Gasteiger partial charge in [0.1, 0.15) is 5.75 Å². The van der Waals surface area contributed by atoms with E-state index in [-0.39, 0.29) is 11.3 Å². The van der Waals surface area contributed by atoms with Crippen molar-refractivity contribution in [1.29, 1.82) is 0 Å². The van der Waals surface area contributed by atoms with Crippen molar-refractivity contribution < 1.29 is 18.3 Å². The molecule has 0 saturated heterocycles. The smallest absolute Gasteiger partial charge is 0.201 e. The van der Waals surface area contributed by atoms with Gasteiger partial charge in [0.15, 0.2) is 11.6 Å². The molecule has 0 unspecified atom stereocenters. The molecule has 3 aromatic rings. The zero-order chi connectivity index (χ0) is 26.3. The van der Waals surface area contributed by atoms with E-state index >= 15 is 4.39 Å². The van der Waals surface area contributed by atoms with Crippen LogP contribution in [0, 0.1) is 11.6 Å². The highest BCUT2D eigenvalue weighted by Gasteiger charge is 2.18. The predicted molar refractivity (Wildman–Crippen MR) is 154 cm³/mol. The Morgan fingerprint density at radius 3 is 1.92 bits per heavy atom. The topological polar surface area (TPSA) is 18.5 Å². The fourth-order valence-electron chi connectivity index (χ4n) is 4.36. The molecule has 5 heteroatoms. The first-order valence-corrected chi connectivity index (χ1v) is 14.8. The van der Waals surface area contributed by atoms with Crippen LogP contribution in [0.25, 0.3) is 22.3 Å². The van der Waals surface area contributed by atoms with Gasteiger partial charge in [-0.1, -0.05) is 104 Å². The highest BCUT2D eigenvalue weighted by molar-refractivity contribution is 9.09. The molecule has 3 rings (SSSR count). The summed E-state index contributed by atoms with van der Waals surface area (Å²) in [6.45, 7) is 3.27. The maximum absolute atomic E-state index is 15.2. The predicted octanol–water partition coefficient (Wildman–Crippen LogP) is 10.4. The summed E-state index contributed by atoms with van der Waals surface area (Å²) in [5.74, 6) is -1.03. The summed E-state index contributed by atoms with van der Waals surface area (Å²) in [4.78, 5) is 0. The molecule has 0 saturated carbocycles. The maximum atomic E-state index is 15.2. The lowest BCUT2D eigenvalue weighted by molar-refractivity contribution is 0.285. The first kappa shape index (κ1) is 29.2. The van der Waals surface area contributed by atoms with Crippen LogP contribution in [-0.4, -0.2) is 18.5 Å². The normalized spacial score (nSPS) is 11.0. The van der Waals surface area contributed by atoms with Crippen molar-refractivity contribution in [3.63, 3.8) is 0 Å². The lowest BCUT2D eigenvalue weighted by Gasteiger charge is -2.14. The van der Waals surface area contributed by atoms with Crippen LogP contribution in [-0.2, 0) is 0 Å². The molecule has 3 aromatic carbocycles. The van der Waals surface area contributed by atoms with Crippen molar-refractivity contribution in [2.75, 3.05) is 18.5 Å². The lowest BCUT2D eigenvalue weighted by Crippen LogP contribution is -2.02. The fraction of sp³-hybridized carbons (Fsp3) is 0.438. The second-order valence-corrected chi connectivity index (χ2v) is 10.2. The monoisotopic (exact) mass is 572 g/mol. The molecule has 0 spiro atoms. The van der Waals surface area contributed by atoms with E-state index in [4.69, 9.17) is 9.47 Å². The Hall–Kier alpha value is -2.40. The summed E-state index contributed by atoms with van der Waals surface area (Å²) in [6.07, 6.45) is 11.2. The average molecular weight is 574 g/mol. The van der Waals surface area contributed by atoms with Gasteiger partial charge in [-0.15, -0.1) is 0 Å². The van der Waals surface area contributed by atoms with Gasteiger partial charge < -0.3 is 9.47 Å². The molecule has 0 N–H and O–H groups in total. The molecule has 0 aliphatic carbocycles. The summed E-state index contributed by atoms with van der Waals surface area (Å²) >= 11 is 3.45. The molecule has 0 aromatic heterocycles. The van der Waals surface area contributed by atoms with E-state index in [1.807, 2.05) is 48.5 Å². The van der Waals surface area contributed by atoms with Crippen LogP contribution < -0.4 is 9.47 Å². The number of rotatable bonds is 17. The summed E-state index contributed by atoms with van der Waals surface area (Å²) in [5, 5.41) is 1.05. The molecule has 0 radical (unpaired) electrons. The van der Waals surface area contributed by atoms with Gasteiger partial charge in [-0.25, -0.2) is 4.39 Å². The Morgan fingerprint density at radius 2 is 1.22 bits per heavy atom. The number of hydrogen-bond donors (Lipinski definition) is 0. The Morgan fingerprint density at radius 1 is 0.595 bits per heavy atom. The van der Waals surface area contributed by atoms with Crippen molar-refractivity contribution in [2.24, 2.45) is 0 Å². The zero-order valence-corrected chi connectivity index (χ0v) is 23.5. The Labute approximate surface area is 229 Å². The van der Waals surface area contributed by atoms with Crippen molar-refractivity contribution in [3.05, 3.63) is 72.3 Å². The summed E-state index contributed by atoms with van der Waals surface area (Å²) < 4.78 is 41.5. The van der Waals surface area contributed by atoms with E-state index in [0.29, 0.717) is 18.8 Å². The second-order valence-electron chi connectivity index (χ2n) is 9.38. The third kappa shape index (κ3) is 9.14. The first-order valence-electron chi connectivity index (χ1n) is 13.6. The van der Waals surface area contributed by atoms with E-state index in [2.05, 4.69) is 22.9 Å². The van der Waals surface area contributed by atoms with Gasteiger partial charge in [-0.05, 0) is 60.2 Å². The molecule has 0 aliphatic heterocycles. The van der Waals surface area contributed by atoms with E-state index < -0.39 is 11.6 Å². The lowest BCUT2D eigenvalue weighted by atomic mass is 9.94. The standard InChI is InChI=1S/C32H39BrF2O2/c1-2-3-4-5-7-13-24-37-30-21-20-29(31(34)32(30)35)28-15-10-9-14-27(28)25-16-18-26(19-17-25)36-23-12-8-6-11-22-33/h9-10,14-21H,2-8,11-13,22-24H2,1H3. The molecular formula is C32H39BrF2O2. The summed E-state index contributed by atoms with van der Waals surface area (Å²) in [6, 6.07) is 18.4. The van der Waals surface area contributed by atoms with E-state index in [0.717, 1.165) is 54.3 Å². The molecular weight excluding hydrogens is 534 g/mol. The van der Waals surface area contributed by atoms with Gasteiger partial charge in [-0.3, -0.25) is 0 Å². The largest absolute Gasteiger partial charge is 0.494 e. The van der Waals surface area contributed by atoms with Crippen LogP contribution in [0.2, 0.25) is 0 Å². The van der Waals surface area contributed by atoms with E-state index in [1.165, 1.54) is 38.2 Å². The van der Waals surface area contributed by atoms with Crippen LogP contribution >= 0.6 is 15.9 Å². The quantitative estimate of drug-likeness (QED) is 0.118. The molecule has 0 aliphatic rings. The summed E-state index contributed by atoms with van der Waals surface area (Å²) in [5.41, 5.74) is 2.62. The fourth-order valence-corrected chi connectivity index (χ4v) is 4.75. The molecule has 0 amide bonds. The van der Waals surface area contributed by atoms with Crippen LogP contribution in [0.15, 0.2) is 60.7 Å². The van der Waals surface area contributed by atoms with Crippen molar-refractivity contribution in [1.82, 2.24) is 0 Å². The molecule has 0 heterocycles. The Balaban J connectivity index is 1.64. The number of benzene rings is 3. The van der Waals surface area contributed by atoms with Gasteiger partial charge >= 0.3 is 0 Å². The minimum atomic E-state index is -0.932. The highest BCUT2D eigenvalue weighted by Crippen LogP contribution is 2.36. The van der Waals surface area contributed by atoms with Crippen LogP contribution in [0.4, 0.5) is 8.78 Å². The van der Waals surface area contributed by atoms with Crippen LogP contribution in [0.1, 0.15) is 71.1 Å². The van der Waals surface area contributed by atoms with Crippen LogP contribution in [0.3, 0.4) is 0 Å². The minimum Gasteiger partial charge on any atom is -0.494 e. The first-order chi connectivity index (χ1) is 18.2. The number of ether oxygens (including phenoxy) is 2. The number of hydrogen-bond acceptors (Lipinski definition) is 2. The Kier molecular flexibility index (Phi) is 13.0. The van der Waals surface area contributed by atoms with Crippen LogP contribution in [0.5, 0.6) is 11.5 Å². The number of unbranched alkanes of at least 4 members (excludes halogenated alkanes) is 8. The SMILES string of the molecule is CCCCCCCCOc1ccc(-c2ccccc2-c2ccc(OCCCCCCBr)cc2)c(F)c1F. The van der Waals surface area contributed by atoms with Gasteiger partial charge in [0.25, 0.3) is 0 Å². The van der Waals surface area contributed by atoms with Gasteiger partial charge in [0, 0.05) is 10.9 Å². The summed E-state index contributed by atoms with van der Waals surface area (Å²) in [7, 11) is 0. The molecule has 2 nitrogen and oxygen atoms in total. The van der Waals surface area contributed by atoms with Gasteiger partial charge in [0.05, 0.1) is 13.2 Å². The van der Waals surface area contributed by atoms with E-state index in [9.17, 15) is 4.39 Å². The molecule has 0 atom stereocenters. The van der Waals surface area contributed by atoms with Crippen molar-refractivity contribution >= 4 is 15.9 Å². The third-order valence-corrected chi connectivity index (χ3v) is 7.04. The average Bonchev–Trinajstić information content (AvgIpc) is 2.93.